The normalized spacial score (nSPS) is 10.5. The van der Waals surface area contributed by atoms with Crippen LogP contribution in [-0.4, -0.2) is 20.1 Å². The van der Waals surface area contributed by atoms with Gasteiger partial charge >= 0.3 is 0 Å². The van der Waals surface area contributed by atoms with Crippen molar-refractivity contribution in [2.24, 2.45) is 0 Å². The minimum absolute atomic E-state index is 0.0816. The summed E-state index contributed by atoms with van der Waals surface area (Å²) >= 11 is 0. The summed E-state index contributed by atoms with van der Waals surface area (Å²) < 4.78 is 5.70. The number of hydrogen-bond acceptors (Lipinski definition) is 5. The van der Waals surface area contributed by atoms with Crippen LogP contribution in [0.3, 0.4) is 0 Å². The number of aromatic nitrogens is 3. The van der Waals surface area contributed by atoms with Crippen LogP contribution in [0.5, 0.6) is 11.5 Å². The first-order chi connectivity index (χ1) is 13.3. The molecule has 0 fully saturated rings. The van der Waals surface area contributed by atoms with E-state index in [-0.39, 0.29) is 12.4 Å². The molecule has 1 N–H and O–H groups in total. The molecule has 0 aliphatic heterocycles. The molecule has 4 rings (SSSR count). The van der Waals surface area contributed by atoms with E-state index in [1.54, 1.807) is 24.3 Å². The predicted molar refractivity (Wildman–Crippen MR) is 103 cm³/mol. The first kappa shape index (κ1) is 16.7. The van der Waals surface area contributed by atoms with Gasteiger partial charge in [0.2, 0.25) is 0 Å². The maximum absolute atomic E-state index is 9.88. The van der Waals surface area contributed by atoms with Gasteiger partial charge < -0.3 is 9.84 Å². The fourth-order valence-electron chi connectivity index (χ4n) is 2.64. The second-order valence-corrected chi connectivity index (χ2v) is 5.89. The molecule has 27 heavy (non-hydrogen) atoms. The van der Waals surface area contributed by atoms with Crippen molar-refractivity contribution in [1.29, 1.82) is 0 Å². The molecule has 5 heteroatoms. The number of nitrogens with zero attached hydrogens (tertiary/aromatic N) is 3. The summed E-state index contributed by atoms with van der Waals surface area (Å²) in [6.45, 7) is 0.125. The molecule has 0 saturated carbocycles. The smallest absolute Gasteiger partial charge is 0.170 e. The maximum Gasteiger partial charge on any atom is 0.170 e. The van der Waals surface area contributed by atoms with Crippen molar-refractivity contribution in [2.75, 3.05) is 0 Å². The monoisotopic (exact) mass is 355 g/mol. The third-order valence-electron chi connectivity index (χ3n) is 3.97. The number of phenolic OH excluding ortho intramolecular Hbond substituents is 1. The number of rotatable bonds is 5. The molecule has 5 nitrogen and oxygen atoms in total. The summed E-state index contributed by atoms with van der Waals surface area (Å²) in [6.07, 6.45) is 0. The first-order valence-corrected chi connectivity index (χ1v) is 8.56. The molecule has 0 atom stereocenters. The van der Waals surface area contributed by atoms with Crippen molar-refractivity contribution in [2.45, 2.75) is 6.61 Å². The van der Waals surface area contributed by atoms with Crippen LogP contribution in [0.25, 0.3) is 22.8 Å². The quantitative estimate of drug-likeness (QED) is 0.571. The van der Waals surface area contributed by atoms with Gasteiger partial charge in [0.1, 0.15) is 6.61 Å². The molecular weight excluding hydrogens is 338 g/mol. The Morgan fingerprint density at radius 1 is 0.630 bits per heavy atom. The Labute approximate surface area is 157 Å². The molecule has 0 bridgehead atoms. The number of aromatic hydroxyl groups is 1. The molecule has 0 unspecified atom stereocenters. The average Bonchev–Trinajstić information content (AvgIpc) is 2.74. The highest BCUT2D eigenvalue weighted by Crippen LogP contribution is 2.26. The lowest BCUT2D eigenvalue weighted by molar-refractivity contribution is 0.280. The van der Waals surface area contributed by atoms with Gasteiger partial charge in [-0.1, -0.05) is 72.8 Å². The molecule has 0 saturated heterocycles. The summed E-state index contributed by atoms with van der Waals surface area (Å²) in [5.74, 6) is 2.13. The Bertz CT molecular complexity index is 980. The minimum Gasteiger partial charge on any atom is -0.504 e. The Hall–Kier alpha value is -3.73. The number of hydrogen-bond donors (Lipinski definition) is 1. The maximum atomic E-state index is 9.88. The van der Waals surface area contributed by atoms with E-state index in [0.29, 0.717) is 23.2 Å². The number of benzene rings is 3. The van der Waals surface area contributed by atoms with Crippen molar-refractivity contribution in [3.63, 3.8) is 0 Å². The van der Waals surface area contributed by atoms with Gasteiger partial charge in [0.25, 0.3) is 0 Å². The Morgan fingerprint density at radius 3 is 1.70 bits per heavy atom. The lowest BCUT2D eigenvalue weighted by Gasteiger charge is -2.10. The highest BCUT2D eigenvalue weighted by Gasteiger charge is 2.11. The van der Waals surface area contributed by atoms with Gasteiger partial charge in [0.15, 0.2) is 29.0 Å². The standard InChI is InChI=1S/C22H17N3O2/c26-18-13-7-8-14-19(18)27-15-20-23-21(16-9-3-1-4-10-16)25-22(24-20)17-11-5-2-6-12-17/h1-14,26H,15H2. The second-order valence-electron chi connectivity index (χ2n) is 5.89. The number of phenols is 1. The van der Waals surface area contributed by atoms with Gasteiger partial charge in [-0.3, -0.25) is 0 Å². The summed E-state index contributed by atoms with van der Waals surface area (Å²) in [6, 6.07) is 26.3. The van der Waals surface area contributed by atoms with Gasteiger partial charge in [-0.15, -0.1) is 0 Å². The van der Waals surface area contributed by atoms with E-state index in [1.807, 2.05) is 60.7 Å². The van der Waals surface area contributed by atoms with Crippen LogP contribution in [0.2, 0.25) is 0 Å². The lowest BCUT2D eigenvalue weighted by Crippen LogP contribution is -2.06. The topological polar surface area (TPSA) is 68.1 Å². The predicted octanol–water partition coefficient (Wildman–Crippen LogP) is 4.49. The van der Waals surface area contributed by atoms with E-state index < -0.39 is 0 Å². The molecule has 0 aliphatic carbocycles. The largest absolute Gasteiger partial charge is 0.504 e. The fraction of sp³-hybridized carbons (Fsp3) is 0.0455. The van der Waals surface area contributed by atoms with Crippen LogP contribution in [0, 0.1) is 0 Å². The van der Waals surface area contributed by atoms with E-state index in [4.69, 9.17) is 4.74 Å². The van der Waals surface area contributed by atoms with Crippen LogP contribution in [0.4, 0.5) is 0 Å². The third-order valence-corrected chi connectivity index (χ3v) is 3.97. The lowest BCUT2D eigenvalue weighted by atomic mass is 10.2. The SMILES string of the molecule is Oc1ccccc1OCc1nc(-c2ccccc2)nc(-c2ccccc2)n1. The van der Waals surface area contributed by atoms with E-state index in [1.165, 1.54) is 0 Å². The van der Waals surface area contributed by atoms with E-state index in [9.17, 15) is 5.11 Å². The van der Waals surface area contributed by atoms with E-state index in [2.05, 4.69) is 15.0 Å². The molecule has 4 aromatic rings. The molecule has 3 aromatic carbocycles. The summed E-state index contributed by atoms with van der Waals surface area (Å²) in [4.78, 5) is 13.7. The molecular formula is C22H17N3O2. The van der Waals surface area contributed by atoms with Crippen molar-refractivity contribution in [3.05, 3.63) is 90.8 Å². The zero-order valence-electron chi connectivity index (χ0n) is 14.5. The molecule has 0 radical (unpaired) electrons. The number of para-hydroxylation sites is 2. The summed E-state index contributed by atoms with van der Waals surface area (Å²) in [5, 5.41) is 9.88. The second kappa shape index (κ2) is 7.66. The molecule has 0 spiro atoms. The van der Waals surface area contributed by atoms with Crippen molar-refractivity contribution < 1.29 is 9.84 Å². The van der Waals surface area contributed by atoms with E-state index in [0.717, 1.165) is 11.1 Å². The van der Waals surface area contributed by atoms with Gasteiger partial charge in [0.05, 0.1) is 0 Å². The Balaban J connectivity index is 1.71. The minimum atomic E-state index is 0.0816. The molecule has 1 heterocycles. The van der Waals surface area contributed by atoms with Crippen LogP contribution in [-0.2, 0) is 6.61 Å². The van der Waals surface area contributed by atoms with E-state index >= 15 is 0 Å². The van der Waals surface area contributed by atoms with Gasteiger partial charge in [-0.25, -0.2) is 15.0 Å². The van der Waals surface area contributed by atoms with Gasteiger partial charge in [-0.05, 0) is 12.1 Å². The zero-order chi connectivity index (χ0) is 18.5. The first-order valence-electron chi connectivity index (χ1n) is 8.56. The molecule has 132 valence electrons. The summed E-state index contributed by atoms with van der Waals surface area (Å²) in [7, 11) is 0. The van der Waals surface area contributed by atoms with Crippen molar-refractivity contribution >= 4 is 0 Å². The van der Waals surface area contributed by atoms with Crippen LogP contribution in [0.1, 0.15) is 5.82 Å². The average molecular weight is 355 g/mol. The molecule has 1 aromatic heterocycles. The highest BCUT2D eigenvalue weighted by molar-refractivity contribution is 5.60. The van der Waals surface area contributed by atoms with Gasteiger partial charge in [0, 0.05) is 11.1 Å². The molecule has 0 amide bonds. The van der Waals surface area contributed by atoms with Crippen LogP contribution >= 0.6 is 0 Å². The Morgan fingerprint density at radius 2 is 1.15 bits per heavy atom. The highest BCUT2D eigenvalue weighted by atomic mass is 16.5. The summed E-state index contributed by atoms with van der Waals surface area (Å²) in [5.41, 5.74) is 1.81. The van der Waals surface area contributed by atoms with Gasteiger partial charge in [-0.2, -0.15) is 0 Å². The van der Waals surface area contributed by atoms with Crippen molar-refractivity contribution in [3.8, 4) is 34.3 Å². The number of ether oxygens (including phenoxy) is 1. The zero-order valence-corrected chi connectivity index (χ0v) is 14.5. The molecule has 0 aliphatic rings. The van der Waals surface area contributed by atoms with Crippen LogP contribution in [0.15, 0.2) is 84.9 Å². The van der Waals surface area contributed by atoms with Crippen molar-refractivity contribution in [1.82, 2.24) is 15.0 Å². The van der Waals surface area contributed by atoms with Crippen LogP contribution < -0.4 is 4.74 Å². The Kier molecular flexibility index (Phi) is 4.74. The third kappa shape index (κ3) is 3.93. The fourth-order valence-corrected chi connectivity index (χ4v) is 2.64.